The van der Waals surface area contributed by atoms with E-state index >= 15 is 0 Å². The van der Waals surface area contributed by atoms with Gasteiger partial charge in [-0.3, -0.25) is 9.78 Å². The van der Waals surface area contributed by atoms with Gasteiger partial charge in [-0.15, -0.1) is 0 Å². The maximum Gasteiger partial charge on any atom is 0.319 e. The summed E-state index contributed by atoms with van der Waals surface area (Å²) in [4.78, 5) is 28.0. The summed E-state index contributed by atoms with van der Waals surface area (Å²) in [6, 6.07) is 15.6. The van der Waals surface area contributed by atoms with Crippen LogP contribution in [-0.4, -0.2) is 22.1 Å². The summed E-state index contributed by atoms with van der Waals surface area (Å²) in [5.74, 6) is -0.563. The molecule has 4 aromatic rings. The van der Waals surface area contributed by atoms with E-state index in [0.29, 0.717) is 27.9 Å². The van der Waals surface area contributed by atoms with Crippen LogP contribution in [0, 0.1) is 0 Å². The van der Waals surface area contributed by atoms with Crippen molar-refractivity contribution in [2.24, 2.45) is 5.73 Å². The maximum absolute atomic E-state index is 12.2. The maximum atomic E-state index is 12.2. The van der Waals surface area contributed by atoms with Crippen LogP contribution in [0.4, 0.5) is 10.5 Å². The summed E-state index contributed by atoms with van der Waals surface area (Å²) in [5.41, 5.74) is 8.95. The van der Waals surface area contributed by atoms with Crippen molar-refractivity contribution >= 4 is 28.6 Å². The van der Waals surface area contributed by atoms with Crippen LogP contribution in [0.5, 0.6) is 0 Å². The second-order valence-electron chi connectivity index (χ2n) is 6.28. The number of nitrogens with two attached hydrogens (primary N) is 1. The van der Waals surface area contributed by atoms with Crippen LogP contribution >= 0.6 is 0 Å². The largest absolute Gasteiger partial charge is 0.366 e. The molecule has 2 aromatic carbocycles. The first kappa shape index (κ1) is 18.2. The number of carbonyl (C=O) groups is 2. The molecule has 4 rings (SSSR count). The Kier molecular flexibility index (Phi) is 4.90. The molecule has 144 valence electrons. The van der Waals surface area contributed by atoms with Gasteiger partial charge in [0.05, 0.1) is 22.8 Å². The standard InChI is InChI=1S/C21H17N5O3/c22-20(27)16-8-3-9-17-18(16)19(26-29-17)15-7-2-1-5-13(15)11-24-21(28)25-14-6-4-10-23-12-14/h1-10,12H,11H2,(H2,22,27)(H2,24,25,28). The molecule has 29 heavy (non-hydrogen) atoms. The fourth-order valence-corrected chi connectivity index (χ4v) is 3.07. The Hall–Kier alpha value is -4.20. The van der Waals surface area contributed by atoms with Crippen molar-refractivity contribution < 1.29 is 14.1 Å². The number of rotatable bonds is 5. The van der Waals surface area contributed by atoms with Gasteiger partial charge in [-0.1, -0.05) is 35.5 Å². The average molecular weight is 387 g/mol. The first-order valence-electron chi connectivity index (χ1n) is 8.85. The van der Waals surface area contributed by atoms with Gasteiger partial charge in [-0.2, -0.15) is 0 Å². The normalized spacial score (nSPS) is 10.6. The van der Waals surface area contributed by atoms with Crippen LogP contribution in [-0.2, 0) is 6.54 Å². The van der Waals surface area contributed by atoms with E-state index in [4.69, 9.17) is 10.3 Å². The summed E-state index contributed by atoms with van der Waals surface area (Å²) in [7, 11) is 0. The average Bonchev–Trinajstić information content (AvgIpc) is 3.17. The van der Waals surface area contributed by atoms with Crippen molar-refractivity contribution in [2.45, 2.75) is 6.54 Å². The summed E-state index contributed by atoms with van der Waals surface area (Å²) < 4.78 is 5.39. The molecule has 8 heteroatoms. The number of nitrogens with zero attached hydrogens (tertiary/aromatic N) is 2. The second kappa shape index (κ2) is 7.81. The molecule has 0 aliphatic heterocycles. The molecule has 8 nitrogen and oxygen atoms in total. The van der Waals surface area contributed by atoms with Crippen molar-refractivity contribution in [1.29, 1.82) is 0 Å². The molecule has 0 spiro atoms. The number of aromatic nitrogens is 2. The molecule has 3 amide bonds. The Morgan fingerprint density at radius 1 is 1.03 bits per heavy atom. The van der Waals surface area contributed by atoms with E-state index in [2.05, 4.69) is 20.8 Å². The monoisotopic (exact) mass is 387 g/mol. The number of nitrogens with one attached hydrogen (secondary N) is 2. The minimum Gasteiger partial charge on any atom is -0.366 e. The van der Waals surface area contributed by atoms with Crippen LogP contribution in [0.15, 0.2) is 71.5 Å². The fraction of sp³-hybridized carbons (Fsp3) is 0.0476. The molecule has 0 bridgehead atoms. The second-order valence-corrected chi connectivity index (χ2v) is 6.28. The Morgan fingerprint density at radius 2 is 1.90 bits per heavy atom. The van der Waals surface area contributed by atoms with E-state index in [-0.39, 0.29) is 12.6 Å². The van der Waals surface area contributed by atoms with Gasteiger partial charge < -0.3 is 20.9 Å². The van der Waals surface area contributed by atoms with Gasteiger partial charge in [0.2, 0.25) is 5.91 Å². The van der Waals surface area contributed by atoms with Crippen molar-refractivity contribution in [3.8, 4) is 11.3 Å². The third kappa shape index (κ3) is 3.77. The van der Waals surface area contributed by atoms with Gasteiger partial charge in [0.15, 0.2) is 5.58 Å². The van der Waals surface area contributed by atoms with Gasteiger partial charge in [0, 0.05) is 18.3 Å². The van der Waals surface area contributed by atoms with E-state index < -0.39 is 5.91 Å². The van der Waals surface area contributed by atoms with Gasteiger partial charge in [-0.05, 0) is 29.8 Å². The zero-order valence-electron chi connectivity index (χ0n) is 15.3. The summed E-state index contributed by atoms with van der Waals surface area (Å²) in [5, 5.41) is 10.2. The predicted octanol–water partition coefficient (Wildman–Crippen LogP) is 3.31. The minimum atomic E-state index is -0.563. The molecule has 0 aliphatic carbocycles. The van der Waals surface area contributed by atoms with E-state index in [1.165, 1.54) is 0 Å². The molecule has 2 aromatic heterocycles. The van der Waals surface area contributed by atoms with Gasteiger partial charge in [0.25, 0.3) is 0 Å². The lowest BCUT2D eigenvalue weighted by atomic mass is 9.99. The number of pyridine rings is 1. The first-order chi connectivity index (χ1) is 14.1. The van der Waals surface area contributed by atoms with Crippen LogP contribution in [0.25, 0.3) is 22.2 Å². The number of carbonyl (C=O) groups excluding carboxylic acids is 2. The van der Waals surface area contributed by atoms with E-state index in [1.807, 2.05) is 24.3 Å². The van der Waals surface area contributed by atoms with Gasteiger partial charge >= 0.3 is 6.03 Å². The van der Waals surface area contributed by atoms with Gasteiger partial charge in [-0.25, -0.2) is 4.79 Å². The predicted molar refractivity (Wildman–Crippen MR) is 108 cm³/mol. The van der Waals surface area contributed by atoms with E-state index in [1.54, 1.807) is 42.7 Å². The number of anilines is 1. The SMILES string of the molecule is NC(=O)c1cccc2onc(-c3ccccc3CNC(=O)Nc3cccnc3)c12. The Labute approximate surface area is 165 Å². The highest BCUT2D eigenvalue weighted by molar-refractivity contribution is 6.09. The van der Waals surface area contributed by atoms with Crippen molar-refractivity contribution in [2.75, 3.05) is 5.32 Å². The molecule has 0 atom stereocenters. The van der Waals surface area contributed by atoms with Gasteiger partial charge in [0.1, 0.15) is 5.69 Å². The Bertz CT molecular complexity index is 1190. The molecule has 0 radical (unpaired) electrons. The molecule has 0 aliphatic rings. The molecular formula is C21H17N5O3. The lowest BCUT2D eigenvalue weighted by Gasteiger charge is -2.10. The number of benzene rings is 2. The number of urea groups is 1. The van der Waals surface area contributed by atoms with Crippen LogP contribution < -0.4 is 16.4 Å². The molecule has 0 fully saturated rings. The number of hydrogen-bond donors (Lipinski definition) is 3. The van der Waals surface area contributed by atoms with Crippen LogP contribution in [0.3, 0.4) is 0 Å². The minimum absolute atomic E-state index is 0.245. The number of fused-ring (bicyclic) bond motifs is 1. The topological polar surface area (TPSA) is 123 Å². The van der Waals surface area contributed by atoms with Crippen molar-refractivity contribution in [3.05, 3.63) is 78.1 Å². The Balaban J connectivity index is 1.62. The lowest BCUT2D eigenvalue weighted by Crippen LogP contribution is -2.28. The van der Waals surface area contributed by atoms with Crippen molar-refractivity contribution in [3.63, 3.8) is 0 Å². The lowest BCUT2D eigenvalue weighted by molar-refractivity contribution is 0.100. The molecule has 2 heterocycles. The molecule has 0 saturated heterocycles. The summed E-state index contributed by atoms with van der Waals surface area (Å²) in [6.07, 6.45) is 3.18. The fourth-order valence-electron chi connectivity index (χ4n) is 3.07. The van der Waals surface area contributed by atoms with Crippen LogP contribution in [0.2, 0.25) is 0 Å². The summed E-state index contributed by atoms with van der Waals surface area (Å²) in [6.45, 7) is 0.245. The third-order valence-corrected chi connectivity index (χ3v) is 4.40. The van der Waals surface area contributed by atoms with E-state index in [0.717, 1.165) is 11.1 Å². The molecular weight excluding hydrogens is 370 g/mol. The highest BCUT2D eigenvalue weighted by atomic mass is 16.5. The van der Waals surface area contributed by atoms with Crippen molar-refractivity contribution in [1.82, 2.24) is 15.5 Å². The highest BCUT2D eigenvalue weighted by Crippen LogP contribution is 2.32. The smallest absolute Gasteiger partial charge is 0.319 e. The van der Waals surface area contributed by atoms with Crippen LogP contribution in [0.1, 0.15) is 15.9 Å². The first-order valence-corrected chi connectivity index (χ1v) is 8.85. The third-order valence-electron chi connectivity index (χ3n) is 4.40. The Morgan fingerprint density at radius 3 is 2.69 bits per heavy atom. The number of primary amides is 1. The number of amides is 3. The zero-order chi connectivity index (χ0) is 20.2. The zero-order valence-corrected chi connectivity index (χ0v) is 15.3. The number of hydrogen-bond acceptors (Lipinski definition) is 5. The molecule has 0 unspecified atom stereocenters. The quantitative estimate of drug-likeness (QED) is 0.485. The summed E-state index contributed by atoms with van der Waals surface area (Å²) >= 11 is 0. The molecule has 0 saturated carbocycles. The highest BCUT2D eigenvalue weighted by Gasteiger charge is 2.19. The molecule has 4 N–H and O–H groups in total. The van der Waals surface area contributed by atoms with E-state index in [9.17, 15) is 9.59 Å².